The summed E-state index contributed by atoms with van der Waals surface area (Å²) in [5.41, 5.74) is 4.45. The van der Waals surface area contributed by atoms with Gasteiger partial charge < -0.3 is 14.6 Å². The number of pyridine rings is 1. The van der Waals surface area contributed by atoms with Gasteiger partial charge in [0.05, 0.1) is 23.0 Å². The van der Waals surface area contributed by atoms with E-state index in [0.717, 1.165) is 16.9 Å². The van der Waals surface area contributed by atoms with Crippen LogP contribution in [-0.2, 0) is 7.05 Å². The Kier molecular flexibility index (Phi) is 5.13. The lowest BCUT2D eigenvalue weighted by molar-refractivity contribution is 0.478. The van der Waals surface area contributed by atoms with Crippen LogP contribution in [-0.4, -0.2) is 29.5 Å². The van der Waals surface area contributed by atoms with Crippen molar-refractivity contribution in [1.29, 1.82) is 0 Å². The second-order valence-electron chi connectivity index (χ2n) is 8.54. The second-order valence-corrected chi connectivity index (χ2v) is 8.54. The van der Waals surface area contributed by atoms with E-state index < -0.39 is 0 Å². The Labute approximate surface area is 192 Å². The summed E-state index contributed by atoms with van der Waals surface area (Å²) in [6.45, 7) is 0. The minimum absolute atomic E-state index is 0.0101. The molecule has 0 fully saturated rings. The maximum Gasteiger partial charge on any atom is 0.263 e. The van der Waals surface area contributed by atoms with E-state index in [9.17, 15) is 9.90 Å². The minimum Gasteiger partial charge on any atom is -0.506 e. The third-order valence-corrected chi connectivity index (χ3v) is 6.29. The van der Waals surface area contributed by atoms with Crippen molar-refractivity contribution in [1.82, 2.24) is 4.57 Å². The Morgan fingerprint density at radius 1 is 0.939 bits per heavy atom. The second kappa shape index (κ2) is 8.13. The predicted molar refractivity (Wildman–Crippen MR) is 134 cm³/mol. The minimum atomic E-state index is -0.249. The highest BCUT2D eigenvalue weighted by atomic mass is 16.3. The standard InChI is InChI=1S/C27H26N4O2/c1-29(2)19-15-13-18(14-16-19)24-17-22(28-31(24)20-9-5-4-6-10-20)25-26(32)21-11-7-8-12-23(21)30(3)27(25)33/h4-16,24,32H,17H2,1-3H3/t24-/m1/s1. The smallest absolute Gasteiger partial charge is 0.263 e. The van der Waals surface area contributed by atoms with Gasteiger partial charge >= 0.3 is 0 Å². The molecule has 166 valence electrons. The lowest BCUT2D eigenvalue weighted by Gasteiger charge is -2.24. The van der Waals surface area contributed by atoms with Gasteiger partial charge in [-0.1, -0.05) is 42.5 Å². The third kappa shape index (κ3) is 3.53. The number of aryl methyl sites for hydroxylation is 1. The van der Waals surface area contributed by atoms with Gasteiger partial charge in [-0.15, -0.1) is 0 Å². The van der Waals surface area contributed by atoms with Crippen molar-refractivity contribution in [2.24, 2.45) is 12.1 Å². The van der Waals surface area contributed by atoms with Crippen LogP contribution in [0.3, 0.4) is 0 Å². The third-order valence-electron chi connectivity index (χ3n) is 6.29. The molecule has 0 bridgehead atoms. The molecule has 3 aromatic carbocycles. The van der Waals surface area contributed by atoms with Crippen LogP contribution in [0.4, 0.5) is 11.4 Å². The van der Waals surface area contributed by atoms with E-state index in [2.05, 4.69) is 29.2 Å². The van der Waals surface area contributed by atoms with Gasteiger partial charge in [-0.25, -0.2) is 0 Å². The molecule has 0 radical (unpaired) electrons. The van der Waals surface area contributed by atoms with Crippen molar-refractivity contribution in [3.63, 3.8) is 0 Å². The number of benzene rings is 3. The predicted octanol–water partition coefficient (Wildman–Crippen LogP) is 4.67. The lowest BCUT2D eigenvalue weighted by Crippen LogP contribution is -2.24. The van der Waals surface area contributed by atoms with Crippen LogP contribution in [0.1, 0.15) is 23.6 Å². The van der Waals surface area contributed by atoms with Gasteiger partial charge in [-0.3, -0.25) is 9.80 Å². The fraction of sp³-hybridized carbons (Fsp3) is 0.185. The van der Waals surface area contributed by atoms with Gasteiger partial charge in [0.1, 0.15) is 11.3 Å². The van der Waals surface area contributed by atoms with Crippen molar-refractivity contribution in [2.45, 2.75) is 12.5 Å². The summed E-state index contributed by atoms with van der Waals surface area (Å²) in [4.78, 5) is 15.4. The maximum atomic E-state index is 13.3. The fourth-order valence-electron chi connectivity index (χ4n) is 4.47. The lowest BCUT2D eigenvalue weighted by atomic mass is 9.97. The molecule has 1 aromatic heterocycles. The molecule has 0 saturated carbocycles. The highest BCUT2D eigenvalue weighted by Gasteiger charge is 2.33. The van der Waals surface area contributed by atoms with Gasteiger partial charge in [0.15, 0.2) is 0 Å². The molecular weight excluding hydrogens is 412 g/mol. The molecule has 33 heavy (non-hydrogen) atoms. The highest BCUT2D eigenvalue weighted by molar-refractivity contribution is 6.08. The molecule has 5 rings (SSSR count). The molecule has 2 heterocycles. The molecule has 1 aliphatic rings. The number of anilines is 2. The Balaban J connectivity index is 1.65. The van der Waals surface area contributed by atoms with E-state index >= 15 is 0 Å². The molecule has 0 saturated heterocycles. The Bertz CT molecular complexity index is 1410. The van der Waals surface area contributed by atoms with Gasteiger partial charge in [0.25, 0.3) is 5.56 Å². The van der Waals surface area contributed by atoms with E-state index in [1.807, 2.05) is 73.7 Å². The number of para-hydroxylation sites is 2. The van der Waals surface area contributed by atoms with Crippen molar-refractivity contribution in [3.8, 4) is 5.75 Å². The zero-order valence-corrected chi connectivity index (χ0v) is 18.9. The molecule has 1 aliphatic heterocycles. The molecular formula is C27H26N4O2. The molecule has 6 nitrogen and oxygen atoms in total. The van der Waals surface area contributed by atoms with Gasteiger partial charge in [0, 0.05) is 38.6 Å². The normalized spacial score (nSPS) is 15.7. The monoisotopic (exact) mass is 438 g/mol. The van der Waals surface area contributed by atoms with Crippen molar-refractivity contribution >= 4 is 28.0 Å². The fourth-order valence-corrected chi connectivity index (χ4v) is 4.47. The first kappa shape index (κ1) is 20.8. The maximum absolute atomic E-state index is 13.3. The van der Waals surface area contributed by atoms with Gasteiger partial charge in [-0.05, 0) is 42.0 Å². The zero-order chi connectivity index (χ0) is 23.1. The molecule has 1 atom stereocenters. The number of hydrogen-bond donors (Lipinski definition) is 1. The first-order valence-corrected chi connectivity index (χ1v) is 11.0. The summed E-state index contributed by atoms with van der Waals surface area (Å²) < 4.78 is 1.58. The number of rotatable bonds is 4. The highest BCUT2D eigenvalue weighted by Crippen LogP contribution is 2.38. The number of nitrogens with zero attached hydrogens (tertiary/aromatic N) is 4. The van der Waals surface area contributed by atoms with Crippen LogP contribution in [0, 0.1) is 0 Å². The van der Waals surface area contributed by atoms with E-state index in [0.29, 0.717) is 23.0 Å². The quantitative estimate of drug-likeness (QED) is 0.503. The van der Waals surface area contributed by atoms with Crippen LogP contribution >= 0.6 is 0 Å². The summed E-state index contributed by atoms with van der Waals surface area (Å²) in [6.07, 6.45) is 0.511. The number of hydrogen-bond acceptors (Lipinski definition) is 5. The molecule has 0 amide bonds. The SMILES string of the molecule is CN(C)c1ccc([C@H]2CC(c3c(O)c4ccccc4n(C)c3=O)=NN2c2ccccc2)cc1. The largest absolute Gasteiger partial charge is 0.506 e. The van der Waals surface area contributed by atoms with E-state index in [1.54, 1.807) is 11.6 Å². The van der Waals surface area contributed by atoms with Gasteiger partial charge in [-0.2, -0.15) is 5.10 Å². The zero-order valence-electron chi connectivity index (χ0n) is 18.9. The summed E-state index contributed by atoms with van der Waals surface area (Å²) >= 11 is 0. The van der Waals surface area contributed by atoms with E-state index in [4.69, 9.17) is 5.10 Å². The molecule has 1 N–H and O–H groups in total. The van der Waals surface area contributed by atoms with E-state index in [1.165, 1.54) is 0 Å². The first-order valence-electron chi connectivity index (χ1n) is 11.0. The average molecular weight is 439 g/mol. The number of aromatic nitrogens is 1. The van der Waals surface area contributed by atoms with Crippen LogP contribution in [0.5, 0.6) is 5.75 Å². The number of hydrazone groups is 1. The molecule has 4 aromatic rings. The number of aromatic hydroxyl groups is 1. The molecule has 0 aliphatic carbocycles. The summed E-state index contributed by atoms with van der Waals surface area (Å²) in [5, 5.41) is 18.6. The van der Waals surface area contributed by atoms with Gasteiger partial charge in [0.2, 0.25) is 0 Å². The van der Waals surface area contributed by atoms with E-state index in [-0.39, 0.29) is 22.9 Å². The molecule has 6 heteroatoms. The molecule has 0 spiro atoms. The summed E-state index contributed by atoms with van der Waals surface area (Å²) in [5.74, 6) is -0.0101. The topological polar surface area (TPSA) is 61.1 Å². The van der Waals surface area contributed by atoms with Crippen LogP contribution in [0.25, 0.3) is 10.9 Å². The number of fused-ring (bicyclic) bond motifs is 1. The van der Waals surface area contributed by atoms with Crippen molar-refractivity contribution in [2.75, 3.05) is 24.0 Å². The van der Waals surface area contributed by atoms with Crippen LogP contribution < -0.4 is 15.5 Å². The Hall–Kier alpha value is -4.06. The first-order chi connectivity index (χ1) is 16.0. The van der Waals surface area contributed by atoms with Crippen LogP contribution in [0.2, 0.25) is 0 Å². The molecule has 0 unspecified atom stereocenters. The average Bonchev–Trinajstić information content (AvgIpc) is 3.28. The van der Waals surface area contributed by atoms with Crippen molar-refractivity contribution in [3.05, 3.63) is 100 Å². The summed E-state index contributed by atoms with van der Waals surface area (Å²) in [6, 6.07) is 25.6. The van der Waals surface area contributed by atoms with Crippen molar-refractivity contribution < 1.29 is 5.11 Å². The van der Waals surface area contributed by atoms with Crippen LogP contribution in [0.15, 0.2) is 88.8 Å². The Morgan fingerprint density at radius 2 is 1.61 bits per heavy atom. The Morgan fingerprint density at radius 3 is 2.30 bits per heavy atom. The summed E-state index contributed by atoms with van der Waals surface area (Å²) in [7, 11) is 5.76.